The molecule has 2 aliphatic rings. The minimum Gasteiger partial charge on any atom is -0.479 e. The summed E-state index contributed by atoms with van der Waals surface area (Å²) in [5.74, 6) is -1.30. The number of aliphatic carboxylic acids is 1. The van der Waals surface area contributed by atoms with E-state index in [9.17, 15) is 19.5 Å². The molecule has 7 heteroatoms. The third kappa shape index (κ3) is 4.39. The molecule has 2 unspecified atom stereocenters. The van der Waals surface area contributed by atoms with Gasteiger partial charge in [0, 0.05) is 13.0 Å². The average molecular weight is 465 g/mol. The Balaban J connectivity index is 1.45. The van der Waals surface area contributed by atoms with Gasteiger partial charge in [0.05, 0.1) is 0 Å². The van der Waals surface area contributed by atoms with Gasteiger partial charge in [0.1, 0.15) is 18.2 Å². The number of amides is 2. The molecule has 2 aromatic rings. The van der Waals surface area contributed by atoms with Gasteiger partial charge < -0.3 is 20.1 Å². The van der Waals surface area contributed by atoms with Crippen molar-refractivity contribution in [3.8, 4) is 11.1 Å². The van der Waals surface area contributed by atoms with E-state index in [0.29, 0.717) is 19.3 Å². The van der Waals surface area contributed by atoms with Crippen molar-refractivity contribution < 1.29 is 24.2 Å². The second-order valence-electron chi connectivity index (χ2n) is 9.51. The van der Waals surface area contributed by atoms with Crippen LogP contribution in [-0.4, -0.2) is 53.2 Å². The van der Waals surface area contributed by atoms with Crippen molar-refractivity contribution in [3.63, 3.8) is 0 Å². The van der Waals surface area contributed by atoms with Crippen LogP contribution in [0.1, 0.15) is 56.6 Å². The highest BCUT2D eigenvalue weighted by molar-refractivity contribution is 5.93. The fourth-order valence-electron chi connectivity index (χ4n) is 4.83. The van der Waals surface area contributed by atoms with Crippen LogP contribution in [0.25, 0.3) is 11.1 Å². The molecule has 7 nitrogen and oxygen atoms in total. The maximum absolute atomic E-state index is 13.2. The van der Waals surface area contributed by atoms with Crippen molar-refractivity contribution in [2.75, 3.05) is 13.7 Å². The molecule has 180 valence electrons. The van der Waals surface area contributed by atoms with Crippen molar-refractivity contribution in [2.45, 2.75) is 57.0 Å². The Bertz CT molecular complexity index is 1050. The summed E-state index contributed by atoms with van der Waals surface area (Å²) < 4.78 is 5.63. The van der Waals surface area contributed by atoms with Crippen LogP contribution in [-0.2, 0) is 14.3 Å². The van der Waals surface area contributed by atoms with E-state index in [1.165, 1.54) is 11.9 Å². The van der Waals surface area contributed by atoms with E-state index in [4.69, 9.17) is 4.74 Å². The number of carboxylic acids is 1. The summed E-state index contributed by atoms with van der Waals surface area (Å²) in [6.45, 7) is 4.17. The maximum atomic E-state index is 13.2. The predicted molar refractivity (Wildman–Crippen MR) is 128 cm³/mol. The Morgan fingerprint density at radius 1 is 1.09 bits per heavy atom. The molecule has 2 amide bonds. The minimum atomic E-state index is -1.16. The topological polar surface area (TPSA) is 95.9 Å². The number of alkyl carbamates (subject to hydrolysis) is 1. The molecule has 1 saturated carbocycles. The molecule has 0 heterocycles. The van der Waals surface area contributed by atoms with E-state index in [-0.39, 0.29) is 18.4 Å². The van der Waals surface area contributed by atoms with Gasteiger partial charge in [-0.15, -0.1) is 0 Å². The number of ether oxygens (including phenoxy) is 1. The van der Waals surface area contributed by atoms with E-state index in [2.05, 4.69) is 17.4 Å². The molecule has 0 aliphatic heterocycles. The molecule has 2 atom stereocenters. The molecule has 34 heavy (non-hydrogen) atoms. The van der Waals surface area contributed by atoms with Crippen LogP contribution in [0.3, 0.4) is 0 Å². The number of carboxylic acid groups (broad SMARTS) is 1. The lowest BCUT2D eigenvalue weighted by Gasteiger charge is -2.30. The molecule has 1 fully saturated rings. The summed E-state index contributed by atoms with van der Waals surface area (Å²) in [5, 5.41) is 12.3. The SMILES string of the molecule is CCC(C)CC(NC(=O)OCC1c2ccccc2-c2ccccc21)C(=O)N(C)C1(C(=O)O)CC1. The first-order valence-electron chi connectivity index (χ1n) is 11.9. The highest BCUT2D eigenvalue weighted by Gasteiger charge is 2.56. The first-order valence-corrected chi connectivity index (χ1v) is 11.9. The van der Waals surface area contributed by atoms with Gasteiger partial charge in [0.15, 0.2) is 0 Å². The van der Waals surface area contributed by atoms with Crippen molar-refractivity contribution in [1.29, 1.82) is 0 Å². The number of hydrogen-bond acceptors (Lipinski definition) is 4. The van der Waals surface area contributed by atoms with Gasteiger partial charge in [-0.05, 0) is 47.4 Å². The highest BCUT2D eigenvalue weighted by Crippen LogP contribution is 2.44. The van der Waals surface area contributed by atoms with Gasteiger partial charge >= 0.3 is 12.1 Å². The van der Waals surface area contributed by atoms with E-state index in [1.54, 1.807) is 0 Å². The van der Waals surface area contributed by atoms with Gasteiger partial charge in [-0.25, -0.2) is 9.59 Å². The van der Waals surface area contributed by atoms with E-state index in [0.717, 1.165) is 28.7 Å². The summed E-state index contributed by atoms with van der Waals surface area (Å²) in [5.41, 5.74) is 3.35. The van der Waals surface area contributed by atoms with E-state index < -0.39 is 29.6 Å². The van der Waals surface area contributed by atoms with Crippen LogP contribution in [0.4, 0.5) is 4.79 Å². The highest BCUT2D eigenvalue weighted by atomic mass is 16.5. The summed E-state index contributed by atoms with van der Waals surface area (Å²) in [7, 11) is 1.51. The van der Waals surface area contributed by atoms with Gasteiger partial charge in [-0.2, -0.15) is 0 Å². The third-order valence-corrected chi connectivity index (χ3v) is 7.36. The van der Waals surface area contributed by atoms with Gasteiger partial charge in [0.2, 0.25) is 5.91 Å². The fourth-order valence-corrected chi connectivity index (χ4v) is 4.83. The smallest absolute Gasteiger partial charge is 0.407 e. The molecule has 0 radical (unpaired) electrons. The normalized spacial score (nSPS) is 17.1. The Hall–Kier alpha value is -3.35. The van der Waals surface area contributed by atoms with Gasteiger partial charge in [-0.1, -0.05) is 68.8 Å². The first kappa shape index (κ1) is 23.8. The van der Waals surface area contributed by atoms with Crippen LogP contribution in [0.5, 0.6) is 0 Å². The number of carbonyl (C=O) groups is 3. The van der Waals surface area contributed by atoms with Crippen LogP contribution in [0, 0.1) is 5.92 Å². The summed E-state index contributed by atoms with van der Waals surface area (Å²) in [6, 6.07) is 15.3. The fraction of sp³-hybridized carbons (Fsp3) is 0.444. The second-order valence-corrected chi connectivity index (χ2v) is 9.51. The van der Waals surface area contributed by atoms with E-state index in [1.807, 2.05) is 50.2 Å². The second kappa shape index (κ2) is 9.49. The molecule has 2 aromatic carbocycles. The lowest BCUT2D eigenvalue weighted by atomic mass is 9.97. The summed E-state index contributed by atoms with van der Waals surface area (Å²) >= 11 is 0. The standard InChI is InChI=1S/C27H32N2O5/c1-4-17(2)15-23(24(30)29(3)27(13-14-27)25(31)32)28-26(33)34-16-22-20-11-7-5-9-18(20)19-10-6-8-12-21(19)22/h5-12,17,22-23H,4,13-16H2,1-3H3,(H,28,33)(H,31,32). The molecular weight excluding hydrogens is 432 g/mol. The number of rotatable bonds is 9. The third-order valence-electron chi connectivity index (χ3n) is 7.36. The number of likely N-dealkylation sites (N-methyl/N-ethyl adjacent to an activating group) is 1. The van der Waals surface area contributed by atoms with Crippen LogP contribution >= 0.6 is 0 Å². The Labute approximate surface area is 200 Å². The molecule has 0 bridgehead atoms. The average Bonchev–Trinajstić information content (AvgIpc) is 3.60. The minimum absolute atomic E-state index is 0.0775. The van der Waals surface area contributed by atoms with Crippen molar-refractivity contribution in [1.82, 2.24) is 10.2 Å². The van der Waals surface area contributed by atoms with Gasteiger partial charge in [0.25, 0.3) is 0 Å². The van der Waals surface area contributed by atoms with E-state index >= 15 is 0 Å². The lowest BCUT2D eigenvalue weighted by Crippen LogP contribution is -2.54. The van der Waals surface area contributed by atoms with Crippen LogP contribution in [0.15, 0.2) is 48.5 Å². The van der Waals surface area contributed by atoms with Crippen molar-refractivity contribution in [3.05, 3.63) is 59.7 Å². The Kier molecular flexibility index (Phi) is 6.64. The van der Waals surface area contributed by atoms with Crippen LogP contribution in [0.2, 0.25) is 0 Å². The number of fused-ring (bicyclic) bond motifs is 3. The van der Waals surface area contributed by atoms with Crippen LogP contribution < -0.4 is 5.32 Å². The van der Waals surface area contributed by atoms with Gasteiger partial charge in [-0.3, -0.25) is 4.79 Å². The van der Waals surface area contributed by atoms with Crippen molar-refractivity contribution in [2.24, 2.45) is 5.92 Å². The molecule has 0 saturated heterocycles. The van der Waals surface area contributed by atoms with Crippen molar-refractivity contribution >= 4 is 18.0 Å². The quantitative estimate of drug-likeness (QED) is 0.573. The zero-order valence-corrected chi connectivity index (χ0v) is 19.9. The Morgan fingerprint density at radius 3 is 2.15 bits per heavy atom. The Morgan fingerprint density at radius 2 is 1.65 bits per heavy atom. The largest absolute Gasteiger partial charge is 0.479 e. The molecule has 0 spiro atoms. The lowest BCUT2D eigenvalue weighted by molar-refractivity contribution is -0.151. The number of nitrogens with zero attached hydrogens (tertiary/aromatic N) is 1. The number of hydrogen-bond donors (Lipinski definition) is 2. The predicted octanol–water partition coefficient (Wildman–Crippen LogP) is 4.41. The summed E-state index contributed by atoms with van der Waals surface area (Å²) in [6.07, 6.45) is 1.43. The molecule has 2 aliphatic carbocycles. The first-order chi connectivity index (χ1) is 16.3. The monoisotopic (exact) mass is 464 g/mol. The number of benzene rings is 2. The molecule has 0 aromatic heterocycles. The number of carbonyl (C=O) groups excluding carboxylic acids is 2. The maximum Gasteiger partial charge on any atom is 0.407 e. The molecular formula is C27H32N2O5. The number of nitrogens with one attached hydrogen (secondary N) is 1. The summed E-state index contributed by atoms with van der Waals surface area (Å²) in [4.78, 5) is 39.0. The molecule has 2 N–H and O–H groups in total. The zero-order valence-electron chi connectivity index (χ0n) is 19.9. The molecule has 4 rings (SSSR count). The zero-order chi connectivity index (χ0) is 24.5.